The van der Waals surface area contributed by atoms with E-state index in [4.69, 9.17) is 5.26 Å². The van der Waals surface area contributed by atoms with E-state index in [9.17, 15) is 0 Å². The molecule has 0 aromatic rings. The molecule has 2 heteroatoms. The van der Waals surface area contributed by atoms with Crippen LogP contribution in [0.25, 0.3) is 0 Å². The number of methoxy groups -OCH3 is 1. The molecule has 0 saturated heterocycles. The second-order valence-electron chi connectivity index (χ2n) is 0.295. The summed E-state index contributed by atoms with van der Waals surface area (Å²) in [4.78, 5) is 0. The Morgan fingerprint density at radius 2 is 2.25 bits per heavy atom. The largest absolute Gasteiger partial charge is 0.431 e. The van der Waals surface area contributed by atoms with Crippen molar-refractivity contribution in [3.8, 4) is 6.26 Å². The molecule has 0 amide bonds. The number of nitriles is 1. The van der Waals surface area contributed by atoms with Crippen molar-refractivity contribution in [2.75, 3.05) is 7.11 Å². The molecule has 0 saturated carbocycles. The molecule has 0 aliphatic rings. The zero-order valence-electron chi connectivity index (χ0n) is 2.36. The van der Waals surface area contributed by atoms with Crippen LogP contribution in [0.4, 0.5) is 0 Å². The Labute approximate surface area is 24.6 Å². The fourth-order valence-electron chi connectivity index (χ4n) is 0. The summed E-state index contributed by atoms with van der Waals surface area (Å²) in [5, 5.41) is 7.40. The first-order valence-electron chi connectivity index (χ1n) is 0.836. The molecule has 0 N–H and O–H groups in total. The van der Waals surface area contributed by atoms with Gasteiger partial charge in [-0.05, 0) is 0 Å². The minimum absolute atomic E-state index is 1.32. The standard InChI is InChI=1S/C2H3NO/c1-4-2-3/h1H3. The van der Waals surface area contributed by atoms with E-state index < -0.39 is 0 Å². The van der Waals surface area contributed by atoms with Gasteiger partial charge in [-0.1, -0.05) is 0 Å². The van der Waals surface area contributed by atoms with Gasteiger partial charge in [0, 0.05) is 0 Å². The molecule has 0 aliphatic heterocycles. The average Bonchev–Trinajstić information content (AvgIpc) is 1.37. The second kappa shape index (κ2) is 2.29. The maximum absolute atomic E-state index is 7.40. The van der Waals surface area contributed by atoms with E-state index in [0.717, 1.165) is 0 Å². The van der Waals surface area contributed by atoms with Gasteiger partial charge in [0.15, 0.2) is 0 Å². The molecule has 22 valence electrons. The zero-order valence-corrected chi connectivity index (χ0v) is 2.36. The van der Waals surface area contributed by atoms with Gasteiger partial charge in [0.2, 0.25) is 0 Å². The second-order valence-corrected chi connectivity index (χ2v) is 0.295. The van der Waals surface area contributed by atoms with Crippen molar-refractivity contribution in [3.05, 3.63) is 0 Å². The number of hydrogen-bond acceptors (Lipinski definition) is 2. The van der Waals surface area contributed by atoms with Crippen LogP contribution in [0.5, 0.6) is 0 Å². The third-order valence-electron chi connectivity index (χ3n) is 0.0913. The van der Waals surface area contributed by atoms with E-state index in [1.807, 2.05) is 0 Å². The minimum Gasteiger partial charge on any atom is -0.431 e. The zero-order chi connectivity index (χ0) is 3.41. The molecule has 0 heterocycles. The summed E-state index contributed by atoms with van der Waals surface area (Å²) in [6, 6.07) is 0. The molecule has 0 radical (unpaired) electrons. The topological polar surface area (TPSA) is 33.0 Å². The highest BCUT2D eigenvalue weighted by Gasteiger charge is 1.42. The van der Waals surface area contributed by atoms with Crippen molar-refractivity contribution >= 4 is 0 Å². The molecular weight excluding hydrogens is 54.0 g/mol. The van der Waals surface area contributed by atoms with Crippen LogP contribution in [0.2, 0.25) is 0 Å². The Kier molecular flexibility index (Phi) is 1.88. The van der Waals surface area contributed by atoms with Gasteiger partial charge in [0.25, 0.3) is 6.26 Å². The van der Waals surface area contributed by atoms with Crippen LogP contribution in [0.1, 0.15) is 0 Å². The lowest BCUT2D eigenvalue weighted by Gasteiger charge is -1.61. The molecule has 0 spiro atoms. The van der Waals surface area contributed by atoms with Crippen LogP contribution < -0.4 is 0 Å². The monoisotopic (exact) mass is 57.0 g/mol. The van der Waals surface area contributed by atoms with Crippen molar-refractivity contribution in [1.29, 1.82) is 5.26 Å². The first kappa shape index (κ1) is 3.29. The number of nitrogens with zero attached hydrogens (tertiary/aromatic N) is 1. The number of ether oxygens (including phenoxy) is 1. The number of hydrogen-bond donors (Lipinski definition) is 0. The van der Waals surface area contributed by atoms with Crippen molar-refractivity contribution in [2.24, 2.45) is 0 Å². The van der Waals surface area contributed by atoms with Crippen LogP contribution in [0, 0.1) is 11.5 Å². The summed E-state index contributed by atoms with van der Waals surface area (Å²) >= 11 is 0. The minimum atomic E-state index is 1.32. The van der Waals surface area contributed by atoms with E-state index >= 15 is 0 Å². The van der Waals surface area contributed by atoms with Crippen LogP contribution in [-0.2, 0) is 4.74 Å². The van der Waals surface area contributed by atoms with Gasteiger partial charge >= 0.3 is 0 Å². The first-order chi connectivity index (χ1) is 1.91. The fraction of sp³-hybridized carbons (Fsp3) is 0.500. The third-order valence-corrected chi connectivity index (χ3v) is 0.0913. The molecule has 0 aliphatic carbocycles. The maximum atomic E-state index is 7.40. The Hall–Kier alpha value is -0.710. The molecule has 0 unspecified atom stereocenters. The van der Waals surface area contributed by atoms with Gasteiger partial charge in [-0.2, -0.15) is 5.26 Å². The van der Waals surface area contributed by atoms with Crippen LogP contribution in [0.15, 0.2) is 0 Å². The molecule has 0 bridgehead atoms. The maximum Gasteiger partial charge on any atom is 0.286 e. The van der Waals surface area contributed by atoms with Crippen molar-refractivity contribution in [2.45, 2.75) is 0 Å². The Morgan fingerprint density at radius 3 is 2.25 bits per heavy atom. The van der Waals surface area contributed by atoms with Crippen molar-refractivity contribution < 1.29 is 4.74 Å². The first-order valence-corrected chi connectivity index (χ1v) is 0.836. The molecule has 0 aromatic heterocycles. The average molecular weight is 57.1 g/mol. The molecule has 0 fully saturated rings. The lowest BCUT2D eigenvalue weighted by atomic mass is 11.5. The predicted octanol–water partition coefficient (Wildman–Crippen LogP) is 0.114. The van der Waals surface area contributed by atoms with E-state index in [0.29, 0.717) is 0 Å². The van der Waals surface area contributed by atoms with Crippen molar-refractivity contribution in [1.82, 2.24) is 0 Å². The van der Waals surface area contributed by atoms with Gasteiger partial charge in [-0.15, -0.1) is 0 Å². The fourth-order valence-corrected chi connectivity index (χ4v) is 0. The molecule has 0 rings (SSSR count). The summed E-state index contributed by atoms with van der Waals surface area (Å²) < 4.78 is 3.85. The summed E-state index contributed by atoms with van der Waals surface area (Å²) in [5.41, 5.74) is 0. The normalized spacial score (nSPS) is 4.00. The Balaban J connectivity index is 2.43. The number of rotatable bonds is 0. The molecule has 4 heavy (non-hydrogen) atoms. The van der Waals surface area contributed by atoms with E-state index in [1.54, 1.807) is 0 Å². The summed E-state index contributed by atoms with van der Waals surface area (Å²) in [6.07, 6.45) is 1.43. The van der Waals surface area contributed by atoms with Crippen LogP contribution >= 0.6 is 0 Å². The van der Waals surface area contributed by atoms with Crippen LogP contribution in [0.3, 0.4) is 0 Å². The van der Waals surface area contributed by atoms with E-state index in [1.165, 1.54) is 13.4 Å². The molecular formula is C2H3NO. The highest BCUT2D eigenvalue weighted by atomic mass is 16.5. The van der Waals surface area contributed by atoms with Gasteiger partial charge in [0.1, 0.15) is 0 Å². The van der Waals surface area contributed by atoms with E-state index in [-0.39, 0.29) is 0 Å². The molecule has 2 nitrogen and oxygen atoms in total. The highest BCUT2D eigenvalue weighted by molar-refractivity contribution is 4.39. The Morgan fingerprint density at radius 1 is 2.00 bits per heavy atom. The Bertz CT molecular complexity index is 35.8. The highest BCUT2D eigenvalue weighted by Crippen LogP contribution is 1.41. The van der Waals surface area contributed by atoms with Gasteiger partial charge in [-0.3, -0.25) is 0 Å². The van der Waals surface area contributed by atoms with Crippen LogP contribution in [-0.4, -0.2) is 7.11 Å². The predicted molar refractivity (Wildman–Crippen MR) is 12.6 cm³/mol. The van der Waals surface area contributed by atoms with Gasteiger partial charge < -0.3 is 4.74 Å². The summed E-state index contributed by atoms with van der Waals surface area (Å²) in [7, 11) is 1.32. The quantitative estimate of drug-likeness (QED) is 0.370. The van der Waals surface area contributed by atoms with Crippen molar-refractivity contribution in [3.63, 3.8) is 0 Å². The van der Waals surface area contributed by atoms with Gasteiger partial charge in [0.05, 0.1) is 7.11 Å². The smallest absolute Gasteiger partial charge is 0.286 e. The molecule has 0 aromatic carbocycles. The van der Waals surface area contributed by atoms with Gasteiger partial charge in [-0.25, -0.2) is 0 Å². The molecule has 0 atom stereocenters. The van der Waals surface area contributed by atoms with E-state index in [2.05, 4.69) is 4.74 Å². The SMILES string of the molecule is COC#N. The summed E-state index contributed by atoms with van der Waals surface area (Å²) in [5.74, 6) is 0. The lowest BCUT2D eigenvalue weighted by Crippen LogP contribution is -1.55. The third kappa shape index (κ3) is 1.29. The lowest BCUT2D eigenvalue weighted by molar-refractivity contribution is 0.362. The summed E-state index contributed by atoms with van der Waals surface area (Å²) in [6.45, 7) is 0.